The number of hydrogen-bond donors (Lipinski definition) is 1. The molecule has 2 aliphatic carbocycles. The molecule has 2 fully saturated rings. The Morgan fingerprint density at radius 3 is 2.62 bits per heavy atom. The zero-order valence-corrected chi connectivity index (χ0v) is 11.0. The molecule has 0 aromatic heterocycles. The van der Waals surface area contributed by atoms with Crippen LogP contribution in [0.4, 0.5) is 0 Å². The smallest absolute Gasteiger partial charge is 0.0545 e. The summed E-state index contributed by atoms with van der Waals surface area (Å²) in [5.74, 6) is 2.11. The topological polar surface area (TPSA) is 20.2 Å². The van der Waals surface area contributed by atoms with Crippen molar-refractivity contribution < 1.29 is 5.11 Å². The van der Waals surface area contributed by atoms with Crippen molar-refractivity contribution in [3.63, 3.8) is 0 Å². The average molecular weight is 222 g/mol. The lowest BCUT2D eigenvalue weighted by Crippen LogP contribution is -2.46. The van der Waals surface area contributed by atoms with Crippen LogP contribution in [-0.4, -0.2) is 11.2 Å². The van der Waals surface area contributed by atoms with Gasteiger partial charge in [-0.15, -0.1) is 0 Å². The zero-order chi connectivity index (χ0) is 11.9. The van der Waals surface area contributed by atoms with Crippen LogP contribution < -0.4 is 0 Å². The molecule has 0 amide bonds. The van der Waals surface area contributed by atoms with Crippen molar-refractivity contribution in [3.05, 3.63) is 12.2 Å². The van der Waals surface area contributed by atoms with Crippen molar-refractivity contribution in [2.45, 2.75) is 59.0 Å². The molecule has 0 aliphatic heterocycles. The average Bonchev–Trinajstić information content (AvgIpc) is 2.19. The van der Waals surface area contributed by atoms with Crippen molar-refractivity contribution in [1.29, 1.82) is 0 Å². The molecular weight excluding hydrogens is 196 g/mol. The van der Waals surface area contributed by atoms with Crippen LogP contribution in [0, 0.1) is 23.2 Å². The Morgan fingerprint density at radius 2 is 2.00 bits per heavy atom. The highest BCUT2D eigenvalue weighted by Crippen LogP contribution is 2.55. The summed E-state index contributed by atoms with van der Waals surface area (Å²) >= 11 is 0. The Balaban J connectivity index is 2.16. The number of aliphatic hydroxyl groups is 1. The van der Waals surface area contributed by atoms with E-state index in [4.69, 9.17) is 0 Å². The Labute approximate surface area is 99.9 Å². The zero-order valence-electron chi connectivity index (χ0n) is 11.0. The van der Waals surface area contributed by atoms with E-state index >= 15 is 0 Å². The molecule has 92 valence electrons. The number of allylic oxidation sites excluding steroid dienone is 1. The van der Waals surface area contributed by atoms with Crippen LogP contribution >= 0.6 is 0 Å². The van der Waals surface area contributed by atoms with Gasteiger partial charge in [-0.2, -0.15) is 0 Å². The first-order valence-electron chi connectivity index (χ1n) is 6.77. The van der Waals surface area contributed by atoms with E-state index in [-0.39, 0.29) is 6.10 Å². The summed E-state index contributed by atoms with van der Waals surface area (Å²) < 4.78 is 0. The molecule has 1 unspecified atom stereocenters. The molecule has 0 aromatic carbocycles. The van der Waals surface area contributed by atoms with Crippen LogP contribution in [0.5, 0.6) is 0 Å². The highest BCUT2D eigenvalue weighted by molar-refractivity contribution is 5.05. The van der Waals surface area contributed by atoms with Gasteiger partial charge in [-0.25, -0.2) is 0 Å². The number of fused-ring (bicyclic) bond motifs is 1. The second-order valence-corrected chi connectivity index (χ2v) is 6.55. The first kappa shape index (κ1) is 12.2. The van der Waals surface area contributed by atoms with Gasteiger partial charge in [-0.3, -0.25) is 0 Å². The fourth-order valence-corrected chi connectivity index (χ4v) is 4.04. The summed E-state index contributed by atoms with van der Waals surface area (Å²) in [5, 5.41) is 9.89. The molecule has 0 aromatic rings. The van der Waals surface area contributed by atoms with Crippen LogP contribution in [-0.2, 0) is 0 Å². The Hall–Kier alpha value is -0.300. The second kappa shape index (κ2) is 4.18. The number of hydrogen-bond acceptors (Lipinski definition) is 1. The largest absolute Gasteiger partial charge is 0.393 e. The molecule has 2 rings (SSSR count). The molecule has 0 spiro atoms. The summed E-state index contributed by atoms with van der Waals surface area (Å²) in [4.78, 5) is 0. The van der Waals surface area contributed by atoms with Gasteiger partial charge in [-0.05, 0) is 62.2 Å². The first-order chi connectivity index (χ1) is 7.43. The van der Waals surface area contributed by atoms with E-state index in [1.54, 1.807) is 0 Å². The minimum absolute atomic E-state index is 0.0468. The lowest BCUT2D eigenvalue weighted by atomic mass is 9.53. The third-order valence-electron chi connectivity index (χ3n) is 5.49. The summed E-state index contributed by atoms with van der Waals surface area (Å²) in [5.41, 5.74) is 1.80. The lowest BCUT2D eigenvalue weighted by Gasteiger charge is -2.53. The van der Waals surface area contributed by atoms with Crippen LogP contribution in [0.2, 0.25) is 0 Å². The fourth-order valence-electron chi connectivity index (χ4n) is 4.04. The molecule has 0 saturated heterocycles. The number of aliphatic hydroxyl groups excluding tert-OH is 1. The minimum atomic E-state index is -0.0468. The van der Waals surface area contributed by atoms with Gasteiger partial charge in [-0.1, -0.05) is 26.0 Å². The maximum absolute atomic E-state index is 9.89. The van der Waals surface area contributed by atoms with Gasteiger partial charge in [0.2, 0.25) is 0 Å². The van der Waals surface area contributed by atoms with Crippen LogP contribution in [0.15, 0.2) is 12.2 Å². The normalized spacial score (nSPS) is 48.5. The van der Waals surface area contributed by atoms with E-state index in [0.29, 0.717) is 11.3 Å². The quantitative estimate of drug-likeness (QED) is 0.669. The van der Waals surface area contributed by atoms with Crippen molar-refractivity contribution in [2.75, 3.05) is 0 Å². The molecule has 0 bridgehead atoms. The molecule has 1 heteroatoms. The predicted octanol–water partition coefficient (Wildman–Crippen LogP) is 3.78. The van der Waals surface area contributed by atoms with E-state index in [9.17, 15) is 5.11 Å². The van der Waals surface area contributed by atoms with E-state index in [0.717, 1.165) is 24.7 Å². The minimum Gasteiger partial charge on any atom is -0.393 e. The van der Waals surface area contributed by atoms with Gasteiger partial charge in [0.25, 0.3) is 0 Å². The van der Waals surface area contributed by atoms with E-state index in [2.05, 4.69) is 27.4 Å². The highest BCUT2D eigenvalue weighted by atomic mass is 16.3. The van der Waals surface area contributed by atoms with Gasteiger partial charge in [0, 0.05) is 0 Å². The monoisotopic (exact) mass is 222 g/mol. The fraction of sp³-hybridized carbons (Fsp3) is 0.867. The van der Waals surface area contributed by atoms with Gasteiger partial charge in [0.05, 0.1) is 6.10 Å². The van der Waals surface area contributed by atoms with Crippen molar-refractivity contribution in [2.24, 2.45) is 23.2 Å². The van der Waals surface area contributed by atoms with Gasteiger partial charge in [0.1, 0.15) is 0 Å². The van der Waals surface area contributed by atoms with Gasteiger partial charge < -0.3 is 5.11 Å². The van der Waals surface area contributed by atoms with Crippen molar-refractivity contribution in [1.82, 2.24) is 0 Å². The SMILES string of the molecule is C=C(C)[C@@H]1CCC2C[C@@H](O)C[C@@H](C)[C@]2(C)C1. The Kier molecular flexibility index (Phi) is 3.18. The Bertz CT molecular complexity index is 283. The van der Waals surface area contributed by atoms with E-state index < -0.39 is 0 Å². The van der Waals surface area contributed by atoms with Crippen LogP contribution in [0.25, 0.3) is 0 Å². The molecular formula is C15H26O. The van der Waals surface area contributed by atoms with E-state index in [1.807, 2.05) is 0 Å². The molecule has 2 saturated carbocycles. The molecule has 1 nitrogen and oxygen atoms in total. The predicted molar refractivity (Wildman–Crippen MR) is 68.2 cm³/mol. The maximum atomic E-state index is 9.89. The van der Waals surface area contributed by atoms with Crippen molar-refractivity contribution in [3.8, 4) is 0 Å². The third kappa shape index (κ3) is 1.95. The Morgan fingerprint density at radius 1 is 1.31 bits per heavy atom. The van der Waals surface area contributed by atoms with Crippen molar-refractivity contribution >= 4 is 0 Å². The molecule has 0 heterocycles. The summed E-state index contributed by atoms with van der Waals surface area (Å²) in [6.45, 7) is 11.1. The lowest BCUT2D eigenvalue weighted by molar-refractivity contribution is -0.0598. The third-order valence-corrected chi connectivity index (χ3v) is 5.49. The summed E-state index contributed by atoms with van der Waals surface area (Å²) in [6, 6.07) is 0. The first-order valence-corrected chi connectivity index (χ1v) is 6.77. The standard InChI is InChI=1S/C15H26O/c1-10(2)12-5-6-13-8-14(16)7-11(3)15(13,4)9-12/h11-14,16H,1,5-9H2,2-4H3/t11-,12-,13?,14+,15+/m1/s1. The maximum Gasteiger partial charge on any atom is 0.0545 e. The summed E-state index contributed by atoms with van der Waals surface area (Å²) in [6.07, 6.45) is 5.85. The molecule has 0 radical (unpaired) electrons. The molecule has 16 heavy (non-hydrogen) atoms. The molecule has 1 N–H and O–H groups in total. The van der Waals surface area contributed by atoms with Crippen LogP contribution in [0.3, 0.4) is 0 Å². The second-order valence-electron chi connectivity index (χ2n) is 6.55. The van der Waals surface area contributed by atoms with Gasteiger partial charge in [0.15, 0.2) is 0 Å². The van der Waals surface area contributed by atoms with E-state index in [1.165, 1.54) is 24.8 Å². The molecule has 5 atom stereocenters. The molecule has 2 aliphatic rings. The highest BCUT2D eigenvalue weighted by Gasteiger charge is 2.47. The van der Waals surface area contributed by atoms with Crippen LogP contribution in [0.1, 0.15) is 52.9 Å². The summed E-state index contributed by atoms with van der Waals surface area (Å²) in [7, 11) is 0. The van der Waals surface area contributed by atoms with Gasteiger partial charge >= 0.3 is 0 Å². The number of rotatable bonds is 1.